The average Bonchev–Trinajstić information content (AvgIpc) is 2.35. The van der Waals surface area contributed by atoms with Crippen LogP contribution in [-0.2, 0) is 12.7 Å². The van der Waals surface area contributed by atoms with Crippen LogP contribution in [0.1, 0.15) is 24.5 Å². The van der Waals surface area contributed by atoms with E-state index in [9.17, 15) is 17.6 Å². The normalized spacial score (nSPS) is 24.9. The summed E-state index contributed by atoms with van der Waals surface area (Å²) >= 11 is 0. The van der Waals surface area contributed by atoms with Gasteiger partial charge in [0, 0.05) is 19.1 Å². The molecular weight excluding hydrogens is 272 g/mol. The van der Waals surface area contributed by atoms with Gasteiger partial charge in [-0.1, -0.05) is 13.0 Å². The Balaban J connectivity index is 2.11. The summed E-state index contributed by atoms with van der Waals surface area (Å²) in [5.74, 6) is -0.810. The molecule has 1 aliphatic rings. The van der Waals surface area contributed by atoms with E-state index in [0.29, 0.717) is 24.6 Å². The van der Waals surface area contributed by atoms with Gasteiger partial charge >= 0.3 is 6.18 Å². The molecule has 2 nitrogen and oxygen atoms in total. The maximum Gasteiger partial charge on any atom is 0.419 e. The molecule has 6 heteroatoms. The van der Waals surface area contributed by atoms with Crippen molar-refractivity contribution >= 4 is 0 Å². The third kappa shape index (κ3) is 3.49. The lowest BCUT2D eigenvalue weighted by Gasteiger charge is -2.35. The smallest absolute Gasteiger partial charge is 0.326 e. The molecule has 0 bridgehead atoms. The van der Waals surface area contributed by atoms with Crippen molar-refractivity contribution in [1.82, 2.24) is 4.90 Å². The van der Waals surface area contributed by atoms with Crippen molar-refractivity contribution in [1.29, 1.82) is 0 Å². The van der Waals surface area contributed by atoms with E-state index in [1.807, 2.05) is 4.90 Å². The highest BCUT2D eigenvalue weighted by Gasteiger charge is 2.34. The minimum atomic E-state index is -4.66. The lowest BCUT2D eigenvalue weighted by Crippen LogP contribution is -2.47. The third-order valence-electron chi connectivity index (χ3n) is 3.84. The predicted octanol–water partition coefficient (Wildman–Crippen LogP) is 3.01. The van der Waals surface area contributed by atoms with Crippen LogP contribution < -0.4 is 5.73 Å². The summed E-state index contributed by atoms with van der Waals surface area (Å²) in [7, 11) is 0. The fraction of sp³-hybridized carbons (Fsp3) is 0.571. The van der Waals surface area contributed by atoms with Crippen molar-refractivity contribution in [2.45, 2.75) is 32.1 Å². The molecule has 1 aromatic carbocycles. The molecule has 1 aliphatic heterocycles. The molecule has 1 fully saturated rings. The van der Waals surface area contributed by atoms with Gasteiger partial charge in [0.05, 0.1) is 5.56 Å². The Morgan fingerprint density at radius 1 is 1.35 bits per heavy atom. The van der Waals surface area contributed by atoms with Crippen LogP contribution in [0.15, 0.2) is 18.2 Å². The third-order valence-corrected chi connectivity index (χ3v) is 3.84. The molecule has 2 unspecified atom stereocenters. The second-order valence-electron chi connectivity index (χ2n) is 5.48. The van der Waals surface area contributed by atoms with Crippen LogP contribution in [0, 0.1) is 11.7 Å². The Hall–Kier alpha value is -1.14. The van der Waals surface area contributed by atoms with Crippen LogP contribution in [0.2, 0.25) is 0 Å². The van der Waals surface area contributed by atoms with Gasteiger partial charge in [0.15, 0.2) is 0 Å². The van der Waals surface area contributed by atoms with E-state index >= 15 is 0 Å². The maximum atomic E-state index is 13.2. The number of hydrogen-bond acceptors (Lipinski definition) is 2. The van der Waals surface area contributed by atoms with E-state index in [0.717, 1.165) is 25.1 Å². The summed E-state index contributed by atoms with van der Waals surface area (Å²) in [6.07, 6.45) is -3.73. The number of nitrogens with zero attached hydrogens (tertiary/aromatic N) is 1. The maximum absolute atomic E-state index is 13.2. The highest BCUT2D eigenvalue weighted by molar-refractivity contribution is 5.27. The van der Waals surface area contributed by atoms with Crippen molar-refractivity contribution in [3.8, 4) is 0 Å². The standard InChI is InChI=1S/C14H18F4N2/c1-9-4-5-20(8-13(9)19)7-10-2-3-12(15)11(6-10)14(16,17)18/h2-3,6,9,13H,4-5,7-8,19H2,1H3. The van der Waals surface area contributed by atoms with Gasteiger partial charge in [-0.25, -0.2) is 4.39 Å². The lowest BCUT2D eigenvalue weighted by atomic mass is 9.94. The molecule has 2 rings (SSSR count). The first kappa shape index (κ1) is 15.3. The molecule has 1 saturated heterocycles. The molecule has 0 aromatic heterocycles. The van der Waals surface area contributed by atoms with Gasteiger partial charge in [0.2, 0.25) is 0 Å². The molecular formula is C14H18F4N2. The van der Waals surface area contributed by atoms with Gasteiger partial charge in [0.1, 0.15) is 5.82 Å². The predicted molar refractivity (Wildman–Crippen MR) is 68.4 cm³/mol. The van der Waals surface area contributed by atoms with Crippen LogP contribution >= 0.6 is 0 Å². The first-order valence-electron chi connectivity index (χ1n) is 6.61. The largest absolute Gasteiger partial charge is 0.419 e. The Labute approximate surface area is 115 Å². The minimum Gasteiger partial charge on any atom is -0.326 e. The fourth-order valence-corrected chi connectivity index (χ4v) is 2.46. The minimum absolute atomic E-state index is 0.0336. The number of hydrogen-bond donors (Lipinski definition) is 1. The second kappa shape index (κ2) is 5.69. The topological polar surface area (TPSA) is 29.3 Å². The monoisotopic (exact) mass is 290 g/mol. The molecule has 1 aromatic rings. The van der Waals surface area contributed by atoms with E-state index in [1.165, 1.54) is 6.07 Å². The van der Waals surface area contributed by atoms with Gasteiger partial charge in [-0.2, -0.15) is 13.2 Å². The second-order valence-corrected chi connectivity index (χ2v) is 5.48. The molecule has 0 amide bonds. The molecule has 2 N–H and O–H groups in total. The summed E-state index contributed by atoms with van der Waals surface area (Å²) in [5.41, 5.74) is 5.22. The van der Waals surface area contributed by atoms with Gasteiger partial charge < -0.3 is 5.73 Å². The molecule has 0 radical (unpaired) electrons. The van der Waals surface area contributed by atoms with Crippen molar-refractivity contribution in [2.24, 2.45) is 11.7 Å². The number of nitrogens with two attached hydrogens (primary N) is 1. The van der Waals surface area contributed by atoms with E-state index in [4.69, 9.17) is 5.73 Å². The molecule has 2 atom stereocenters. The molecule has 20 heavy (non-hydrogen) atoms. The number of halogens is 4. The van der Waals surface area contributed by atoms with Crippen LogP contribution in [0.3, 0.4) is 0 Å². The molecule has 0 aliphatic carbocycles. The van der Waals surface area contributed by atoms with E-state index in [2.05, 4.69) is 6.92 Å². The van der Waals surface area contributed by atoms with Crippen LogP contribution in [0.4, 0.5) is 17.6 Å². The molecule has 0 spiro atoms. The van der Waals surface area contributed by atoms with E-state index < -0.39 is 17.6 Å². The Morgan fingerprint density at radius 2 is 2.05 bits per heavy atom. The van der Waals surface area contributed by atoms with Crippen molar-refractivity contribution in [2.75, 3.05) is 13.1 Å². The van der Waals surface area contributed by atoms with E-state index in [1.54, 1.807) is 0 Å². The van der Waals surface area contributed by atoms with Gasteiger partial charge in [0.25, 0.3) is 0 Å². The summed E-state index contributed by atoms with van der Waals surface area (Å²) in [6.45, 7) is 3.89. The van der Waals surface area contributed by atoms with Gasteiger partial charge in [-0.3, -0.25) is 4.90 Å². The summed E-state index contributed by atoms with van der Waals surface area (Å²) in [5, 5.41) is 0. The van der Waals surface area contributed by atoms with Crippen molar-refractivity contribution in [3.63, 3.8) is 0 Å². The number of alkyl halides is 3. The number of likely N-dealkylation sites (tertiary alicyclic amines) is 1. The van der Waals surface area contributed by atoms with E-state index in [-0.39, 0.29) is 6.04 Å². The number of benzene rings is 1. The summed E-state index contributed by atoms with van der Waals surface area (Å²) in [4.78, 5) is 2.01. The Bertz CT molecular complexity index is 473. The molecule has 0 saturated carbocycles. The average molecular weight is 290 g/mol. The molecule has 1 heterocycles. The first-order chi connectivity index (χ1) is 9.27. The number of rotatable bonds is 2. The van der Waals surface area contributed by atoms with Crippen LogP contribution in [0.5, 0.6) is 0 Å². The quantitative estimate of drug-likeness (QED) is 0.848. The lowest BCUT2D eigenvalue weighted by molar-refractivity contribution is -0.140. The zero-order chi connectivity index (χ0) is 14.9. The Kier molecular flexibility index (Phi) is 4.34. The van der Waals surface area contributed by atoms with Crippen molar-refractivity contribution < 1.29 is 17.6 Å². The Morgan fingerprint density at radius 3 is 2.65 bits per heavy atom. The number of piperidine rings is 1. The zero-order valence-corrected chi connectivity index (χ0v) is 11.3. The van der Waals surface area contributed by atoms with Crippen LogP contribution in [-0.4, -0.2) is 24.0 Å². The van der Waals surface area contributed by atoms with Gasteiger partial charge in [-0.05, 0) is 36.6 Å². The van der Waals surface area contributed by atoms with Gasteiger partial charge in [-0.15, -0.1) is 0 Å². The van der Waals surface area contributed by atoms with Crippen LogP contribution in [0.25, 0.3) is 0 Å². The first-order valence-corrected chi connectivity index (χ1v) is 6.61. The highest BCUT2D eigenvalue weighted by Crippen LogP contribution is 2.32. The summed E-state index contributed by atoms with van der Waals surface area (Å²) < 4.78 is 51.1. The zero-order valence-electron chi connectivity index (χ0n) is 11.3. The fourth-order valence-electron chi connectivity index (χ4n) is 2.46. The summed E-state index contributed by atoms with van der Waals surface area (Å²) in [6, 6.07) is 3.20. The SMILES string of the molecule is CC1CCN(Cc2ccc(F)c(C(F)(F)F)c2)CC1N. The molecule has 112 valence electrons. The highest BCUT2D eigenvalue weighted by atomic mass is 19.4. The van der Waals surface area contributed by atoms with Crippen molar-refractivity contribution in [3.05, 3.63) is 35.1 Å².